The topological polar surface area (TPSA) is 37.8 Å². The van der Waals surface area contributed by atoms with Gasteiger partial charge in [0.25, 0.3) is 0 Å². The summed E-state index contributed by atoms with van der Waals surface area (Å²) in [7, 11) is 1.53. The fourth-order valence-corrected chi connectivity index (χ4v) is 2.80. The van der Waals surface area contributed by atoms with Crippen LogP contribution in [0, 0.1) is 0 Å². The Kier molecular flexibility index (Phi) is 3.76. The molecule has 96 valence electrons. The number of rotatable bonds is 3. The van der Waals surface area contributed by atoms with Crippen molar-refractivity contribution >= 4 is 28.9 Å². The lowest BCUT2D eigenvalue weighted by atomic mass is 10.2. The molecule has 0 amide bonds. The SMILES string of the molecule is CNc1cc(C(F)(F)F)cc(Sc2nccs2)n1. The number of thiazole rings is 1. The molecule has 2 aromatic heterocycles. The zero-order valence-corrected chi connectivity index (χ0v) is 10.8. The van der Waals surface area contributed by atoms with Gasteiger partial charge in [0.15, 0.2) is 4.34 Å². The standard InChI is InChI=1S/C10H8F3N3S2/c1-14-7-4-6(10(11,12)13)5-8(16-7)18-9-15-2-3-17-9/h2-5H,1H3,(H,14,16). The van der Waals surface area contributed by atoms with Crippen LogP contribution in [0.3, 0.4) is 0 Å². The number of nitrogens with zero attached hydrogens (tertiary/aromatic N) is 2. The molecule has 2 heterocycles. The zero-order chi connectivity index (χ0) is 13.2. The van der Waals surface area contributed by atoms with Crippen LogP contribution in [0.4, 0.5) is 19.0 Å². The summed E-state index contributed by atoms with van der Waals surface area (Å²) in [6, 6.07) is 2.00. The number of hydrogen-bond acceptors (Lipinski definition) is 5. The molecule has 0 aliphatic carbocycles. The molecule has 18 heavy (non-hydrogen) atoms. The Hall–Kier alpha value is -1.28. The first-order chi connectivity index (χ1) is 8.49. The van der Waals surface area contributed by atoms with Crippen molar-refractivity contribution in [3.63, 3.8) is 0 Å². The normalized spacial score (nSPS) is 11.6. The van der Waals surface area contributed by atoms with Crippen LogP contribution in [0.2, 0.25) is 0 Å². The van der Waals surface area contributed by atoms with E-state index in [4.69, 9.17) is 0 Å². The Morgan fingerprint density at radius 1 is 1.33 bits per heavy atom. The van der Waals surface area contributed by atoms with E-state index < -0.39 is 11.7 Å². The third kappa shape index (κ3) is 3.14. The lowest BCUT2D eigenvalue weighted by Gasteiger charge is -2.10. The molecule has 0 saturated heterocycles. The van der Waals surface area contributed by atoms with E-state index in [1.807, 2.05) is 0 Å². The lowest BCUT2D eigenvalue weighted by molar-refractivity contribution is -0.137. The smallest absolute Gasteiger partial charge is 0.373 e. The fraction of sp³-hybridized carbons (Fsp3) is 0.200. The van der Waals surface area contributed by atoms with Gasteiger partial charge in [-0.05, 0) is 23.9 Å². The quantitative estimate of drug-likeness (QED) is 0.934. The van der Waals surface area contributed by atoms with E-state index in [9.17, 15) is 13.2 Å². The number of aromatic nitrogens is 2. The van der Waals surface area contributed by atoms with E-state index in [0.717, 1.165) is 23.9 Å². The maximum atomic E-state index is 12.7. The van der Waals surface area contributed by atoms with Gasteiger partial charge in [0.2, 0.25) is 0 Å². The van der Waals surface area contributed by atoms with Crippen LogP contribution >= 0.6 is 23.1 Å². The number of pyridine rings is 1. The van der Waals surface area contributed by atoms with Gasteiger partial charge in [-0.1, -0.05) is 0 Å². The summed E-state index contributed by atoms with van der Waals surface area (Å²) in [6.45, 7) is 0. The van der Waals surface area contributed by atoms with Crippen molar-refractivity contribution in [2.75, 3.05) is 12.4 Å². The van der Waals surface area contributed by atoms with Gasteiger partial charge in [-0.25, -0.2) is 9.97 Å². The Labute approximate surface area is 109 Å². The van der Waals surface area contributed by atoms with Crippen molar-refractivity contribution < 1.29 is 13.2 Å². The monoisotopic (exact) mass is 291 g/mol. The minimum atomic E-state index is -4.38. The van der Waals surface area contributed by atoms with Gasteiger partial charge in [0, 0.05) is 18.6 Å². The molecule has 1 N–H and O–H groups in total. The number of halogens is 3. The molecule has 0 spiro atoms. The summed E-state index contributed by atoms with van der Waals surface area (Å²) < 4.78 is 38.7. The molecule has 0 radical (unpaired) electrons. The molecular formula is C10H8F3N3S2. The molecule has 0 atom stereocenters. The molecule has 8 heteroatoms. The summed E-state index contributed by atoms with van der Waals surface area (Å²) in [5.41, 5.74) is -0.721. The van der Waals surface area contributed by atoms with E-state index in [1.54, 1.807) is 11.6 Å². The predicted octanol–water partition coefficient (Wildman–Crippen LogP) is 3.75. The van der Waals surface area contributed by atoms with Crippen LogP contribution in [-0.2, 0) is 6.18 Å². The lowest BCUT2D eigenvalue weighted by Crippen LogP contribution is -2.07. The van der Waals surface area contributed by atoms with Crippen molar-refractivity contribution in [1.29, 1.82) is 0 Å². The van der Waals surface area contributed by atoms with E-state index in [-0.39, 0.29) is 10.8 Å². The first-order valence-corrected chi connectivity index (χ1v) is 6.53. The van der Waals surface area contributed by atoms with E-state index in [0.29, 0.717) is 4.34 Å². The van der Waals surface area contributed by atoms with Crippen LogP contribution < -0.4 is 5.32 Å². The second-order valence-corrected chi connectivity index (χ2v) is 5.39. The number of nitrogens with one attached hydrogen (secondary N) is 1. The number of alkyl halides is 3. The highest BCUT2D eigenvalue weighted by Crippen LogP contribution is 2.35. The van der Waals surface area contributed by atoms with Gasteiger partial charge in [0.05, 0.1) is 5.56 Å². The van der Waals surface area contributed by atoms with Gasteiger partial charge in [0.1, 0.15) is 10.8 Å². The van der Waals surface area contributed by atoms with Crippen molar-refractivity contribution in [2.24, 2.45) is 0 Å². The van der Waals surface area contributed by atoms with Gasteiger partial charge in [-0.2, -0.15) is 13.2 Å². The summed E-state index contributed by atoms with van der Waals surface area (Å²) in [6.07, 6.45) is -2.79. The van der Waals surface area contributed by atoms with Crippen LogP contribution in [0.15, 0.2) is 33.1 Å². The Bertz CT molecular complexity index is 526. The van der Waals surface area contributed by atoms with Gasteiger partial charge in [-0.3, -0.25) is 0 Å². The molecule has 0 aliphatic rings. The fourth-order valence-electron chi connectivity index (χ4n) is 1.20. The Morgan fingerprint density at radius 2 is 2.11 bits per heavy atom. The van der Waals surface area contributed by atoms with Crippen molar-refractivity contribution in [3.8, 4) is 0 Å². The van der Waals surface area contributed by atoms with Crippen molar-refractivity contribution in [1.82, 2.24) is 9.97 Å². The highest BCUT2D eigenvalue weighted by atomic mass is 32.2. The molecule has 3 nitrogen and oxygen atoms in total. The second-order valence-electron chi connectivity index (χ2n) is 3.23. The molecule has 2 aromatic rings. The van der Waals surface area contributed by atoms with Crippen molar-refractivity contribution in [3.05, 3.63) is 29.3 Å². The summed E-state index contributed by atoms with van der Waals surface area (Å²) >= 11 is 2.47. The molecular weight excluding hydrogens is 283 g/mol. The largest absolute Gasteiger partial charge is 0.416 e. The van der Waals surface area contributed by atoms with E-state index in [1.165, 1.54) is 18.4 Å². The number of hydrogen-bond donors (Lipinski definition) is 1. The van der Waals surface area contributed by atoms with Crippen LogP contribution in [-0.4, -0.2) is 17.0 Å². The molecule has 0 bridgehead atoms. The highest BCUT2D eigenvalue weighted by molar-refractivity contribution is 8.01. The average molecular weight is 291 g/mol. The molecule has 2 rings (SSSR count). The summed E-state index contributed by atoms with van der Waals surface area (Å²) in [5, 5.41) is 4.64. The zero-order valence-electron chi connectivity index (χ0n) is 9.15. The minimum Gasteiger partial charge on any atom is -0.373 e. The molecule has 0 aromatic carbocycles. The summed E-state index contributed by atoms with van der Waals surface area (Å²) in [5.74, 6) is 0.184. The summed E-state index contributed by atoms with van der Waals surface area (Å²) in [4.78, 5) is 8.06. The van der Waals surface area contributed by atoms with Crippen molar-refractivity contribution in [2.45, 2.75) is 15.5 Å². The molecule has 0 fully saturated rings. The highest BCUT2D eigenvalue weighted by Gasteiger charge is 2.31. The molecule has 0 unspecified atom stereocenters. The molecule has 0 saturated carbocycles. The van der Waals surface area contributed by atoms with Gasteiger partial charge in [-0.15, -0.1) is 11.3 Å². The number of anilines is 1. The first kappa shape index (κ1) is 13.2. The molecule has 0 aliphatic heterocycles. The average Bonchev–Trinajstić information content (AvgIpc) is 2.80. The maximum Gasteiger partial charge on any atom is 0.416 e. The first-order valence-electron chi connectivity index (χ1n) is 4.83. The Balaban J connectivity index is 2.35. The Morgan fingerprint density at radius 3 is 2.67 bits per heavy atom. The minimum absolute atomic E-state index is 0.184. The van der Waals surface area contributed by atoms with E-state index >= 15 is 0 Å². The maximum absolute atomic E-state index is 12.7. The second kappa shape index (κ2) is 5.15. The van der Waals surface area contributed by atoms with Crippen LogP contribution in [0.1, 0.15) is 5.56 Å². The van der Waals surface area contributed by atoms with Crippen LogP contribution in [0.25, 0.3) is 0 Å². The predicted molar refractivity (Wildman–Crippen MR) is 65.0 cm³/mol. The third-order valence-electron chi connectivity index (χ3n) is 1.99. The van der Waals surface area contributed by atoms with Gasteiger partial charge >= 0.3 is 6.18 Å². The third-order valence-corrected chi connectivity index (χ3v) is 3.79. The van der Waals surface area contributed by atoms with E-state index in [2.05, 4.69) is 15.3 Å². The van der Waals surface area contributed by atoms with Gasteiger partial charge < -0.3 is 5.32 Å². The van der Waals surface area contributed by atoms with Crippen LogP contribution in [0.5, 0.6) is 0 Å².